The molecule has 1 saturated heterocycles. The lowest BCUT2D eigenvalue weighted by molar-refractivity contribution is 0.577. The Morgan fingerprint density at radius 3 is 2.48 bits per heavy atom. The molecular formula is C23H24Cl2N2S2. The van der Waals surface area contributed by atoms with Crippen molar-refractivity contribution in [3.8, 4) is 11.3 Å². The van der Waals surface area contributed by atoms with Gasteiger partial charge >= 0.3 is 0 Å². The second kappa shape index (κ2) is 9.30. The van der Waals surface area contributed by atoms with Crippen LogP contribution >= 0.6 is 46.3 Å². The summed E-state index contributed by atoms with van der Waals surface area (Å²) in [5.74, 6) is 0.454. The van der Waals surface area contributed by atoms with Crippen molar-refractivity contribution in [3.63, 3.8) is 0 Å². The molecule has 0 radical (unpaired) electrons. The van der Waals surface area contributed by atoms with Gasteiger partial charge in [-0.05, 0) is 42.9 Å². The van der Waals surface area contributed by atoms with Crippen LogP contribution in [0.15, 0.2) is 51.6 Å². The smallest absolute Gasteiger partial charge is 0.185 e. The number of anilines is 1. The predicted octanol–water partition coefficient (Wildman–Crippen LogP) is 8.38. The Morgan fingerprint density at radius 2 is 1.72 bits per heavy atom. The van der Waals surface area contributed by atoms with Gasteiger partial charge in [-0.15, -0.1) is 11.3 Å². The second-order valence-corrected chi connectivity index (χ2v) is 10.3. The van der Waals surface area contributed by atoms with Crippen molar-refractivity contribution >= 4 is 51.4 Å². The Morgan fingerprint density at radius 1 is 0.966 bits per heavy atom. The van der Waals surface area contributed by atoms with Crippen molar-refractivity contribution in [2.75, 3.05) is 18.0 Å². The molecule has 4 rings (SSSR count). The number of thiazole rings is 1. The Labute approximate surface area is 191 Å². The van der Waals surface area contributed by atoms with Gasteiger partial charge in [0.25, 0.3) is 0 Å². The van der Waals surface area contributed by atoms with E-state index >= 15 is 0 Å². The number of hydrogen-bond acceptors (Lipinski definition) is 4. The van der Waals surface area contributed by atoms with Crippen LogP contribution in [0.25, 0.3) is 11.3 Å². The van der Waals surface area contributed by atoms with E-state index in [1.807, 2.05) is 6.07 Å². The third-order valence-electron chi connectivity index (χ3n) is 5.20. The molecule has 29 heavy (non-hydrogen) atoms. The molecule has 152 valence electrons. The highest BCUT2D eigenvalue weighted by Gasteiger charge is 2.19. The Balaban J connectivity index is 1.61. The van der Waals surface area contributed by atoms with Crippen LogP contribution in [-0.4, -0.2) is 18.1 Å². The summed E-state index contributed by atoms with van der Waals surface area (Å²) in [6.07, 6.45) is 3.80. The monoisotopic (exact) mass is 462 g/mol. The van der Waals surface area contributed by atoms with E-state index in [4.69, 9.17) is 28.2 Å². The van der Waals surface area contributed by atoms with Crippen LogP contribution in [0.1, 0.15) is 44.6 Å². The average molecular weight is 463 g/mol. The SMILES string of the molecule is CC(C)c1ccccc1Sc1ccc(-c2csc(N3CCCCC3)n2)c(Cl)c1Cl. The van der Waals surface area contributed by atoms with Crippen LogP contribution in [0.2, 0.25) is 10.0 Å². The number of halogens is 2. The fourth-order valence-electron chi connectivity index (χ4n) is 3.60. The molecule has 1 aliphatic rings. The maximum atomic E-state index is 6.70. The molecule has 2 heterocycles. The van der Waals surface area contributed by atoms with Gasteiger partial charge in [0.15, 0.2) is 5.13 Å². The summed E-state index contributed by atoms with van der Waals surface area (Å²) in [5.41, 5.74) is 3.12. The van der Waals surface area contributed by atoms with Crippen LogP contribution in [0.3, 0.4) is 0 Å². The van der Waals surface area contributed by atoms with Crippen molar-refractivity contribution in [3.05, 3.63) is 57.4 Å². The largest absolute Gasteiger partial charge is 0.348 e. The van der Waals surface area contributed by atoms with Crippen molar-refractivity contribution in [1.29, 1.82) is 0 Å². The highest BCUT2D eigenvalue weighted by molar-refractivity contribution is 7.99. The van der Waals surface area contributed by atoms with E-state index in [-0.39, 0.29) is 0 Å². The Hall–Kier alpha value is -1.20. The third-order valence-corrected chi connectivity index (χ3v) is 8.25. The van der Waals surface area contributed by atoms with E-state index in [0.29, 0.717) is 16.0 Å². The normalized spacial score (nSPS) is 14.6. The quantitative estimate of drug-likeness (QED) is 0.378. The van der Waals surface area contributed by atoms with Crippen molar-refractivity contribution < 1.29 is 0 Å². The zero-order valence-corrected chi connectivity index (χ0v) is 19.8. The summed E-state index contributed by atoms with van der Waals surface area (Å²) in [5, 5.41) is 4.34. The number of aromatic nitrogens is 1. The van der Waals surface area contributed by atoms with Gasteiger partial charge in [0, 0.05) is 33.8 Å². The number of nitrogens with zero attached hydrogens (tertiary/aromatic N) is 2. The number of benzene rings is 2. The lowest BCUT2D eigenvalue weighted by Crippen LogP contribution is -2.29. The zero-order chi connectivity index (χ0) is 20.4. The standard InChI is InChI=1S/C23H24Cl2N2S2/c1-15(2)16-8-4-5-9-19(16)29-20-11-10-17(21(24)22(20)25)18-14-28-23(26-18)27-12-6-3-7-13-27/h4-5,8-11,14-15H,3,6-7,12-13H2,1-2H3. The van der Waals surface area contributed by atoms with Gasteiger partial charge in [0.05, 0.1) is 15.7 Å². The first-order valence-corrected chi connectivity index (χ1v) is 12.5. The Kier molecular flexibility index (Phi) is 6.75. The summed E-state index contributed by atoms with van der Waals surface area (Å²) < 4.78 is 0. The van der Waals surface area contributed by atoms with Crippen LogP contribution in [0, 0.1) is 0 Å². The summed E-state index contributed by atoms with van der Waals surface area (Å²) in [6, 6.07) is 12.6. The molecule has 6 heteroatoms. The molecule has 1 aromatic heterocycles. The minimum absolute atomic E-state index is 0.454. The highest BCUT2D eigenvalue weighted by atomic mass is 35.5. The highest BCUT2D eigenvalue weighted by Crippen LogP contribution is 2.44. The molecule has 0 amide bonds. The second-order valence-electron chi connectivity index (χ2n) is 7.60. The first-order chi connectivity index (χ1) is 14.0. The van der Waals surface area contributed by atoms with Gasteiger partial charge in [-0.3, -0.25) is 0 Å². The van der Waals surface area contributed by atoms with Crippen LogP contribution in [-0.2, 0) is 0 Å². The van der Waals surface area contributed by atoms with Gasteiger partial charge in [-0.25, -0.2) is 4.98 Å². The fraction of sp³-hybridized carbons (Fsp3) is 0.348. The molecule has 0 unspecified atom stereocenters. The van der Waals surface area contributed by atoms with Crippen molar-refractivity contribution in [2.45, 2.75) is 48.8 Å². The maximum Gasteiger partial charge on any atom is 0.185 e. The van der Waals surface area contributed by atoms with E-state index < -0.39 is 0 Å². The summed E-state index contributed by atoms with van der Waals surface area (Å²) in [4.78, 5) is 9.42. The molecule has 3 aromatic rings. The van der Waals surface area contributed by atoms with Gasteiger partial charge in [0.2, 0.25) is 0 Å². The minimum Gasteiger partial charge on any atom is -0.348 e. The van der Waals surface area contributed by atoms with Crippen LogP contribution in [0.4, 0.5) is 5.13 Å². The summed E-state index contributed by atoms with van der Waals surface area (Å²) >= 11 is 16.8. The molecule has 0 atom stereocenters. The van der Waals surface area contributed by atoms with Gasteiger partial charge in [-0.2, -0.15) is 0 Å². The topological polar surface area (TPSA) is 16.1 Å². The van der Waals surface area contributed by atoms with Gasteiger partial charge in [0.1, 0.15) is 0 Å². The molecule has 0 spiro atoms. The Bertz CT molecular complexity index is 994. The fourth-order valence-corrected chi connectivity index (χ4v) is 6.21. The van der Waals surface area contributed by atoms with Gasteiger partial charge < -0.3 is 4.90 Å². The molecule has 1 aliphatic heterocycles. The first kappa shape index (κ1) is 21.0. The number of rotatable bonds is 5. The van der Waals surface area contributed by atoms with Crippen molar-refractivity contribution in [1.82, 2.24) is 4.98 Å². The third kappa shape index (κ3) is 4.61. The molecule has 1 fully saturated rings. The minimum atomic E-state index is 0.454. The van der Waals surface area contributed by atoms with E-state index in [2.05, 4.69) is 54.5 Å². The molecular weight excluding hydrogens is 439 g/mol. The van der Waals surface area contributed by atoms with Crippen LogP contribution in [0.5, 0.6) is 0 Å². The average Bonchev–Trinajstić information content (AvgIpc) is 3.22. The molecule has 0 aliphatic carbocycles. The van der Waals surface area contributed by atoms with Gasteiger partial charge in [-0.1, -0.05) is 73.1 Å². The first-order valence-electron chi connectivity index (χ1n) is 10.00. The zero-order valence-electron chi connectivity index (χ0n) is 16.6. The van der Waals surface area contributed by atoms with E-state index in [1.165, 1.54) is 29.7 Å². The summed E-state index contributed by atoms with van der Waals surface area (Å²) in [7, 11) is 0. The lowest BCUT2D eigenvalue weighted by Gasteiger charge is -2.25. The molecule has 0 saturated carbocycles. The molecule has 2 nitrogen and oxygen atoms in total. The molecule has 0 bridgehead atoms. The lowest BCUT2D eigenvalue weighted by atomic mass is 10.0. The van der Waals surface area contributed by atoms with Crippen molar-refractivity contribution in [2.24, 2.45) is 0 Å². The number of hydrogen-bond donors (Lipinski definition) is 0. The van der Waals surface area contributed by atoms with Crippen LogP contribution < -0.4 is 4.90 Å². The van der Waals surface area contributed by atoms with E-state index in [1.54, 1.807) is 23.1 Å². The molecule has 2 aromatic carbocycles. The summed E-state index contributed by atoms with van der Waals surface area (Å²) in [6.45, 7) is 6.59. The maximum absolute atomic E-state index is 6.70. The van der Waals surface area contributed by atoms with E-state index in [9.17, 15) is 0 Å². The molecule has 0 N–H and O–H groups in total. The van der Waals surface area contributed by atoms with E-state index in [0.717, 1.165) is 34.4 Å². The number of piperidine rings is 1. The predicted molar refractivity (Wildman–Crippen MR) is 128 cm³/mol.